The predicted octanol–water partition coefficient (Wildman–Crippen LogP) is 17.0. The lowest BCUT2D eigenvalue weighted by Crippen LogP contribution is -2.34. The molecular weight excluding hydrogens is 769 g/mol. The van der Waals surface area contributed by atoms with Crippen LogP contribution in [0, 0.1) is 6.92 Å². The first-order valence-electron chi connectivity index (χ1n) is 25.3. The van der Waals surface area contributed by atoms with Gasteiger partial charge in [0.2, 0.25) is 6.41 Å². The van der Waals surface area contributed by atoms with Crippen molar-refractivity contribution in [1.29, 1.82) is 0 Å². The maximum atomic E-state index is 14.1. The first-order valence-corrected chi connectivity index (χ1v) is 25.3. The summed E-state index contributed by atoms with van der Waals surface area (Å²) in [7, 11) is 0. The molecule has 63 heavy (non-hydrogen) atoms. The standard InChI is InChI=1S/C59H76N2O2/c1-7-11-15-19-23-42(24-20-16-12-8-2)45-31-35-49-55-46(33-36-50(54(45)55)59(63)60-39-62)47-32-34-48-53(61-44(25-21-17-13-9-3)26-22-18-14-10-4)37-41(6)51-38-52(57(49)58(47)56(48)51)43-29-27-40(5)28-30-43/h27-36,38-39,42,44,53,61H,6-26,37H2,1-5H3,(H,60,62,63). The minimum Gasteiger partial charge on any atom is -0.307 e. The molecule has 0 bridgehead atoms. The molecular formula is C59H76N2O2. The van der Waals surface area contributed by atoms with Crippen LogP contribution in [0.5, 0.6) is 0 Å². The van der Waals surface area contributed by atoms with Gasteiger partial charge in [0.05, 0.1) is 0 Å². The van der Waals surface area contributed by atoms with Crippen LogP contribution in [0.1, 0.15) is 207 Å². The van der Waals surface area contributed by atoms with Crippen LogP contribution in [-0.4, -0.2) is 18.4 Å². The average Bonchev–Trinajstić information content (AvgIpc) is 3.29. The molecule has 4 nitrogen and oxygen atoms in total. The summed E-state index contributed by atoms with van der Waals surface area (Å²) >= 11 is 0. The highest BCUT2D eigenvalue weighted by molar-refractivity contribution is 6.38. The van der Waals surface area contributed by atoms with Crippen LogP contribution in [0.15, 0.2) is 73.3 Å². The van der Waals surface area contributed by atoms with Crippen LogP contribution in [0.2, 0.25) is 0 Å². The molecule has 1 atom stereocenters. The van der Waals surface area contributed by atoms with Gasteiger partial charge >= 0.3 is 0 Å². The number of hydrogen-bond acceptors (Lipinski definition) is 3. The lowest BCUT2D eigenvalue weighted by atomic mass is 9.75. The van der Waals surface area contributed by atoms with Gasteiger partial charge < -0.3 is 5.32 Å². The first kappa shape index (κ1) is 46.5. The van der Waals surface area contributed by atoms with Crippen molar-refractivity contribution < 1.29 is 9.59 Å². The number of amides is 2. The maximum Gasteiger partial charge on any atom is 0.258 e. The smallest absolute Gasteiger partial charge is 0.258 e. The third-order valence-electron chi connectivity index (χ3n) is 14.6. The third kappa shape index (κ3) is 10.2. The molecule has 1 unspecified atom stereocenters. The monoisotopic (exact) mass is 845 g/mol. The van der Waals surface area contributed by atoms with E-state index in [2.05, 4.69) is 106 Å². The fourth-order valence-corrected chi connectivity index (χ4v) is 11.2. The number of fused-ring (bicyclic) bond motifs is 2. The van der Waals surface area contributed by atoms with E-state index in [1.165, 1.54) is 187 Å². The number of imide groups is 1. The summed E-state index contributed by atoms with van der Waals surface area (Å²) in [5.74, 6) is -0.00389. The summed E-state index contributed by atoms with van der Waals surface area (Å²) in [6.07, 6.45) is 26.1. The van der Waals surface area contributed by atoms with Gasteiger partial charge in [-0.25, -0.2) is 0 Å². The minimum absolute atomic E-state index is 0.193. The van der Waals surface area contributed by atoms with Crippen molar-refractivity contribution in [1.82, 2.24) is 10.6 Å². The van der Waals surface area contributed by atoms with Crippen molar-refractivity contribution in [3.8, 4) is 11.1 Å². The van der Waals surface area contributed by atoms with Gasteiger partial charge in [0.1, 0.15) is 0 Å². The number of unbranched alkanes of at least 4 members (excludes halogenated alkanes) is 12. The number of aryl methyl sites for hydroxylation is 1. The number of carbonyl (C=O) groups excluding carboxylic acids is 2. The number of hydrogen-bond donors (Lipinski definition) is 2. The van der Waals surface area contributed by atoms with Crippen molar-refractivity contribution in [2.45, 2.75) is 187 Å². The molecule has 7 rings (SSSR count). The second kappa shape index (κ2) is 22.4. The summed E-state index contributed by atoms with van der Waals surface area (Å²) in [6.45, 7) is 16.2. The van der Waals surface area contributed by atoms with Crippen molar-refractivity contribution in [3.63, 3.8) is 0 Å². The van der Waals surface area contributed by atoms with E-state index in [0.29, 0.717) is 23.9 Å². The fourth-order valence-electron chi connectivity index (χ4n) is 11.2. The van der Waals surface area contributed by atoms with Gasteiger partial charge in [-0.2, -0.15) is 0 Å². The fraction of sp³-hybridized carbons (Fsp3) is 0.492. The zero-order chi connectivity index (χ0) is 44.3. The second-order valence-corrected chi connectivity index (χ2v) is 19.2. The largest absolute Gasteiger partial charge is 0.307 e. The number of carbonyl (C=O) groups is 2. The molecule has 6 aromatic carbocycles. The SMILES string of the molecule is C=C1CC(NC(CCCCCC)CCCCCC)c2ccc3c4ccc(C(=O)NC=O)c5c(C(CCCCCC)CCCCCC)ccc(c6c(-c7ccc(C)cc7)cc1c2c36)c54. The molecule has 2 N–H and O–H groups in total. The van der Waals surface area contributed by atoms with Crippen LogP contribution in [-0.2, 0) is 4.79 Å². The van der Waals surface area contributed by atoms with Gasteiger partial charge in [-0.3, -0.25) is 14.9 Å². The van der Waals surface area contributed by atoms with Crippen molar-refractivity contribution in [2.24, 2.45) is 0 Å². The molecule has 0 spiro atoms. The Kier molecular flexibility index (Phi) is 16.5. The lowest BCUT2D eigenvalue weighted by molar-refractivity contribution is -0.108. The molecule has 0 heterocycles. The quantitative estimate of drug-likeness (QED) is 0.0247. The Labute approximate surface area is 379 Å². The van der Waals surface area contributed by atoms with Crippen LogP contribution in [0.25, 0.3) is 59.8 Å². The van der Waals surface area contributed by atoms with E-state index in [1.54, 1.807) is 0 Å². The van der Waals surface area contributed by atoms with Crippen LogP contribution in [0.3, 0.4) is 0 Å². The molecule has 2 amide bonds. The van der Waals surface area contributed by atoms with E-state index in [-0.39, 0.29) is 11.9 Å². The van der Waals surface area contributed by atoms with Crippen LogP contribution >= 0.6 is 0 Å². The molecule has 6 aromatic rings. The van der Waals surface area contributed by atoms with E-state index in [0.717, 1.165) is 30.0 Å². The van der Waals surface area contributed by atoms with Crippen molar-refractivity contribution >= 4 is 61.0 Å². The normalized spacial score (nSPS) is 14.1. The molecule has 4 heteroatoms. The minimum atomic E-state index is -0.329. The summed E-state index contributed by atoms with van der Waals surface area (Å²) in [5.41, 5.74) is 9.35. The highest BCUT2D eigenvalue weighted by Gasteiger charge is 2.31. The molecule has 0 aliphatic heterocycles. The molecule has 0 aromatic heterocycles. The Morgan fingerprint density at radius 1 is 0.619 bits per heavy atom. The maximum absolute atomic E-state index is 14.1. The van der Waals surface area contributed by atoms with Crippen molar-refractivity contribution in [2.75, 3.05) is 0 Å². The van der Waals surface area contributed by atoms with Crippen LogP contribution < -0.4 is 10.6 Å². The first-order chi connectivity index (χ1) is 30.8. The Bertz CT molecular complexity index is 2450. The number of benzene rings is 6. The number of nitrogens with one attached hydrogen (secondary N) is 2. The molecule has 0 saturated carbocycles. The Morgan fingerprint density at radius 2 is 1.19 bits per heavy atom. The Hall–Kier alpha value is -4.54. The molecule has 334 valence electrons. The zero-order valence-electron chi connectivity index (χ0n) is 39.5. The van der Waals surface area contributed by atoms with Gasteiger partial charge in [0, 0.05) is 17.6 Å². The second-order valence-electron chi connectivity index (χ2n) is 19.2. The highest BCUT2D eigenvalue weighted by atomic mass is 16.2. The summed E-state index contributed by atoms with van der Waals surface area (Å²) in [4.78, 5) is 25.9. The van der Waals surface area contributed by atoms with Gasteiger partial charge in [-0.15, -0.1) is 0 Å². The molecule has 0 saturated heterocycles. The van der Waals surface area contributed by atoms with E-state index in [4.69, 9.17) is 6.58 Å². The van der Waals surface area contributed by atoms with Crippen molar-refractivity contribution in [3.05, 3.63) is 101 Å². The van der Waals surface area contributed by atoms with Gasteiger partial charge in [0.15, 0.2) is 0 Å². The van der Waals surface area contributed by atoms with E-state index in [1.807, 2.05) is 6.07 Å². The summed E-state index contributed by atoms with van der Waals surface area (Å²) < 4.78 is 0. The molecule has 1 aliphatic rings. The third-order valence-corrected chi connectivity index (χ3v) is 14.6. The van der Waals surface area contributed by atoms with Crippen LogP contribution in [0.4, 0.5) is 0 Å². The average molecular weight is 845 g/mol. The predicted molar refractivity (Wildman–Crippen MR) is 272 cm³/mol. The molecule has 0 radical (unpaired) electrons. The van der Waals surface area contributed by atoms with E-state index < -0.39 is 0 Å². The zero-order valence-corrected chi connectivity index (χ0v) is 39.5. The summed E-state index contributed by atoms with van der Waals surface area (Å²) in [6, 6.07) is 25.9. The van der Waals surface area contributed by atoms with Gasteiger partial charge in [-0.05, 0) is 134 Å². The van der Waals surface area contributed by atoms with E-state index >= 15 is 0 Å². The molecule has 1 aliphatic carbocycles. The van der Waals surface area contributed by atoms with E-state index in [9.17, 15) is 9.59 Å². The summed E-state index contributed by atoms with van der Waals surface area (Å²) in [5, 5.41) is 16.5. The Morgan fingerprint density at radius 3 is 1.79 bits per heavy atom. The highest BCUT2D eigenvalue weighted by Crippen LogP contribution is 2.52. The van der Waals surface area contributed by atoms with Gasteiger partial charge in [0.25, 0.3) is 5.91 Å². The number of rotatable bonds is 26. The lowest BCUT2D eigenvalue weighted by Gasteiger charge is -2.34. The Balaban J connectivity index is 1.48. The topological polar surface area (TPSA) is 58.2 Å². The molecule has 0 fully saturated rings. The van der Waals surface area contributed by atoms with Gasteiger partial charge in [-0.1, -0.05) is 197 Å².